The maximum absolute atomic E-state index is 10.8. The number of ether oxygens (including phenoxy) is 1. The number of rotatable bonds is 3. The molecule has 0 aromatic rings. The van der Waals surface area contributed by atoms with E-state index < -0.39 is 11.9 Å². The number of carbonyl (C=O) groups is 2. The Morgan fingerprint density at radius 3 is 2.50 bits per heavy atom. The smallest absolute Gasteiger partial charge is 0.398 e. The molecule has 70 valence electrons. The molecule has 0 aliphatic heterocycles. The first kappa shape index (κ1) is 10.9. The molecule has 5 heteroatoms. The lowest BCUT2D eigenvalue weighted by molar-refractivity contribution is -0.159. The summed E-state index contributed by atoms with van der Waals surface area (Å²) in [6.07, 6.45) is 1.67. The molecule has 2 N–H and O–H groups in total. The molecule has 0 fully saturated rings. The Morgan fingerprint density at radius 1 is 1.50 bits per heavy atom. The maximum Gasteiger partial charge on any atom is 0.398 e. The monoisotopic (exact) mass is 174 g/mol. The molecule has 0 saturated carbocycles. The first-order chi connectivity index (χ1) is 5.59. The van der Waals surface area contributed by atoms with Crippen LogP contribution >= 0.6 is 0 Å². The first-order valence-electron chi connectivity index (χ1n) is 3.79. The van der Waals surface area contributed by atoms with Crippen LogP contribution in [0.5, 0.6) is 0 Å². The normalized spacial score (nSPS) is 9.25. The lowest BCUT2D eigenvalue weighted by atomic mass is 10.4. The summed E-state index contributed by atoms with van der Waals surface area (Å²) in [6, 6.07) is 0. The van der Waals surface area contributed by atoms with E-state index in [2.05, 4.69) is 4.74 Å². The van der Waals surface area contributed by atoms with E-state index in [0.29, 0.717) is 5.01 Å². The molecular formula is C7H14N2O3. The zero-order valence-electron chi connectivity index (χ0n) is 7.37. The van der Waals surface area contributed by atoms with Gasteiger partial charge in [0.1, 0.15) is 0 Å². The molecule has 0 saturated heterocycles. The van der Waals surface area contributed by atoms with Gasteiger partial charge < -0.3 is 4.74 Å². The number of likely N-dealkylation sites (N-methyl/N-ethyl adjacent to an activating group) is 1. The highest BCUT2D eigenvalue weighted by atomic mass is 16.5. The van der Waals surface area contributed by atoms with Crippen LogP contribution in [0.2, 0.25) is 0 Å². The van der Waals surface area contributed by atoms with Crippen LogP contribution in [-0.4, -0.2) is 30.5 Å². The van der Waals surface area contributed by atoms with Crippen LogP contribution < -0.4 is 5.84 Å². The molecule has 1 amide bonds. The SMILES string of the molecule is CCCCOC(=O)C(=O)N(C)N. The van der Waals surface area contributed by atoms with Crippen molar-refractivity contribution in [2.45, 2.75) is 19.8 Å². The van der Waals surface area contributed by atoms with Crippen molar-refractivity contribution in [3.05, 3.63) is 0 Å². The molecule has 0 aliphatic carbocycles. The van der Waals surface area contributed by atoms with Crippen LogP contribution in [0.15, 0.2) is 0 Å². The molecule has 0 rings (SSSR count). The summed E-state index contributed by atoms with van der Waals surface area (Å²) in [5.41, 5.74) is 0. The highest BCUT2D eigenvalue weighted by Crippen LogP contribution is 1.89. The van der Waals surface area contributed by atoms with Crippen LogP contribution in [-0.2, 0) is 14.3 Å². The summed E-state index contributed by atoms with van der Waals surface area (Å²) in [6.45, 7) is 2.24. The third-order valence-corrected chi connectivity index (χ3v) is 1.23. The van der Waals surface area contributed by atoms with Gasteiger partial charge in [-0.15, -0.1) is 0 Å². The van der Waals surface area contributed by atoms with Gasteiger partial charge in [-0.2, -0.15) is 0 Å². The molecule has 12 heavy (non-hydrogen) atoms. The van der Waals surface area contributed by atoms with Gasteiger partial charge in [0.25, 0.3) is 0 Å². The van der Waals surface area contributed by atoms with E-state index in [-0.39, 0.29) is 6.61 Å². The first-order valence-corrected chi connectivity index (χ1v) is 3.79. The molecular weight excluding hydrogens is 160 g/mol. The number of nitrogens with two attached hydrogens (primary N) is 1. The fourth-order valence-corrected chi connectivity index (χ4v) is 0.515. The number of hydrogen-bond acceptors (Lipinski definition) is 4. The van der Waals surface area contributed by atoms with Gasteiger partial charge in [-0.25, -0.2) is 10.6 Å². The minimum atomic E-state index is -0.895. The van der Waals surface area contributed by atoms with Gasteiger partial charge in [-0.05, 0) is 6.42 Å². The summed E-state index contributed by atoms with van der Waals surface area (Å²) < 4.78 is 4.60. The van der Waals surface area contributed by atoms with Crippen LogP contribution in [0.3, 0.4) is 0 Å². The highest BCUT2D eigenvalue weighted by Gasteiger charge is 2.17. The number of carbonyl (C=O) groups excluding carboxylic acids is 2. The van der Waals surface area contributed by atoms with Crippen molar-refractivity contribution in [1.82, 2.24) is 5.01 Å². The van der Waals surface area contributed by atoms with E-state index >= 15 is 0 Å². The number of hydrazine groups is 1. The van der Waals surface area contributed by atoms with Crippen molar-refractivity contribution in [2.75, 3.05) is 13.7 Å². The van der Waals surface area contributed by atoms with Gasteiger partial charge in [0.15, 0.2) is 0 Å². The summed E-state index contributed by atoms with van der Waals surface area (Å²) in [5, 5.41) is 0.703. The Bertz CT molecular complexity index is 168. The van der Waals surface area contributed by atoms with E-state index in [1.165, 1.54) is 7.05 Å². The second-order valence-corrected chi connectivity index (χ2v) is 2.41. The summed E-state index contributed by atoms with van der Waals surface area (Å²) in [7, 11) is 1.30. The summed E-state index contributed by atoms with van der Waals surface area (Å²) in [5.74, 6) is 3.30. The van der Waals surface area contributed by atoms with Crippen molar-refractivity contribution in [3.63, 3.8) is 0 Å². The van der Waals surface area contributed by atoms with Crippen LogP contribution in [0.1, 0.15) is 19.8 Å². The van der Waals surface area contributed by atoms with Gasteiger partial charge in [0.05, 0.1) is 6.61 Å². The average Bonchev–Trinajstić information content (AvgIpc) is 2.03. The number of hydrogen-bond donors (Lipinski definition) is 1. The standard InChI is InChI=1S/C7H14N2O3/c1-3-4-5-12-7(11)6(10)9(2)8/h3-5,8H2,1-2H3. The van der Waals surface area contributed by atoms with Gasteiger partial charge in [-0.1, -0.05) is 13.3 Å². The number of amides is 1. The van der Waals surface area contributed by atoms with E-state index in [1.807, 2.05) is 6.92 Å². The molecule has 0 aliphatic rings. The molecule has 0 radical (unpaired) electrons. The van der Waals surface area contributed by atoms with Crippen molar-refractivity contribution in [2.24, 2.45) is 5.84 Å². The van der Waals surface area contributed by atoms with Crippen LogP contribution in [0.4, 0.5) is 0 Å². The van der Waals surface area contributed by atoms with Gasteiger partial charge >= 0.3 is 11.9 Å². The predicted octanol–water partition coefficient (Wildman–Crippen LogP) is -0.338. The molecule has 5 nitrogen and oxygen atoms in total. The fraction of sp³-hybridized carbons (Fsp3) is 0.714. The summed E-state index contributed by atoms with van der Waals surface area (Å²) in [4.78, 5) is 21.5. The average molecular weight is 174 g/mol. The zero-order chi connectivity index (χ0) is 9.56. The van der Waals surface area contributed by atoms with E-state index in [0.717, 1.165) is 12.8 Å². The third kappa shape index (κ3) is 3.92. The highest BCUT2D eigenvalue weighted by molar-refractivity contribution is 6.32. The van der Waals surface area contributed by atoms with Gasteiger partial charge in [0.2, 0.25) is 0 Å². The molecule has 0 unspecified atom stereocenters. The molecule has 0 spiro atoms. The van der Waals surface area contributed by atoms with E-state index in [1.54, 1.807) is 0 Å². The quantitative estimate of drug-likeness (QED) is 0.159. The largest absolute Gasteiger partial charge is 0.459 e. The lowest BCUT2D eigenvalue weighted by Gasteiger charge is -2.08. The number of nitrogens with zero attached hydrogens (tertiary/aromatic N) is 1. The van der Waals surface area contributed by atoms with Crippen molar-refractivity contribution >= 4 is 11.9 Å². The summed E-state index contributed by atoms with van der Waals surface area (Å²) >= 11 is 0. The Morgan fingerprint density at radius 2 is 2.08 bits per heavy atom. The van der Waals surface area contributed by atoms with Crippen LogP contribution in [0.25, 0.3) is 0 Å². The molecule has 0 aromatic carbocycles. The van der Waals surface area contributed by atoms with E-state index in [9.17, 15) is 9.59 Å². The zero-order valence-corrected chi connectivity index (χ0v) is 7.37. The Hall–Kier alpha value is -1.10. The molecule has 0 aromatic heterocycles. The van der Waals surface area contributed by atoms with Crippen molar-refractivity contribution in [1.29, 1.82) is 0 Å². The third-order valence-electron chi connectivity index (χ3n) is 1.23. The number of unbranched alkanes of at least 4 members (excludes halogenated alkanes) is 1. The van der Waals surface area contributed by atoms with Crippen LogP contribution in [0, 0.1) is 0 Å². The van der Waals surface area contributed by atoms with E-state index in [4.69, 9.17) is 5.84 Å². The fourth-order valence-electron chi connectivity index (χ4n) is 0.515. The van der Waals surface area contributed by atoms with Crippen molar-refractivity contribution in [3.8, 4) is 0 Å². The second kappa shape index (κ2) is 5.54. The topological polar surface area (TPSA) is 72.6 Å². The van der Waals surface area contributed by atoms with Crippen molar-refractivity contribution < 1.29 is 14.3 Å². The Kier molecular flexibility index (Phi) is 5.03. The molecule has 0 heterocycles. The second-order valence-electron chi connectivity index (χ2n) is 2.41. The van der Waals surface area contributed by atoms with Gasteiger partial charge in [0, 0.05) is 7.05 Å². The molecule has 0 bridgehead atoms. The number of esters is 1. The minimum Gasteiger partial charge on any atom is -0.459 e. The Balaban J connectivity index is 3.65. The Labute approximate surface area is 71.4 Å². The predicted molar refractivity (Wildman–Crippen MR) is 42.8 cm³/mol. The molecule has 0 atom stereocenters. The lowest BCUT2D eigenvalue weighted by Crippen LogP contribution is -2.39. The van der Waals surface area contributed by atoms with Gasteiger partial charge in [-0.3, -0.25) is 9.80 Å². The maximum atomic E-state index is 10.8. The minimum absolute atomic E-state index is 0.273.